The second-order valence-corrected chi connectivity index (χ2v) is 8.57. The summed E-state index contributed by atoms with van der Waals surface area (Å²) in [5.41, 5.74) is 0.356. The minimum absolute atomic E-state index is 0.0229. The number of ether oxygens (including phenoxy) is 1. The molecule has 1 aromatic heterocycles. The van der Waals surface area contributed by atoms with Crippen LogP contribution in [0.1, 0.15) is 23.8 Å². The molecular weight excluding hydrogens is 306 g/mol. The Labute approximate surface area is 130 Å². The van der Waals surface area contributed by atoms with E-state index in [4.69, 9.17) is 4.74 Å². The molecular formula is C14H21N3O4S. The van der Waals surface area contributed by atoms with Gasteiger partial charge in [0.2, 0.25) is 0 Å². The Kier molecular flexibility index (Phi) is 3.76. The predicted molar refractivity (Wildman–Crippen MR) is 80.2 cm³/mol. The van der Waals surface area contributed by atoms with Crippen LogP contribution in [-0.2, 0) is 21.6 Å². The van der Waals surface area contributed by atoms with Crippen molar-refractivity contribution in [2.45, 2.75) is 18.1 Å². The van der Waals surface area contributed by atoms with E-state index in [-0.39, 0.29) is 30.7 Å². The molecule has 1 spiro atoms. The van der Waals surface area contributed by atoms with Gasteiger partial charge >= 0.3 is 0 Å². The van der Waals surface area contributed by atoms with Crippen molar-refractivity contribution in [1.29, 1.82) is 0 Å². The monoisotopic (exact) mass is 327 g/mol. The van der Waals surface area contributed by atoms with Gasteiger partial charge < -0.3 is 14.2 Å². The van der Waals surface area contributed by atoms with Crippen LogP contribution in [0.15, 0.2) is 12.5 Å². The lowest BCUT2D eigenvalue weighted by molar-refractivity contribution is 0.0267. The summed E-state index contributed by atoms with van der Waals surface area (Å²) in [5, 5.41) is 0. The zero-order chi connectivity index (χ0) is 16.0. The number of amides is 1. The highest BCUT2D eigenvalue weighted by molar-refractivity contribution is 7.93. The lowest BCUT2D eigenvalue weighted by Gasteiger charge is -2.49. The lowest BCUT2D eigenvalue weighted by atomic mass is 9.83. The van der Waals surface area contributed by atoms with Crippen molar-refractivity contribution in [2.75, 3.05) is 32.1 Å². The van der Waals surface area contributed by atoms with Gasteiger partial charge in [-0.2, -0.15) is 0 Å². The molecule has 0 aliphatic carbocycles. The summed E-state index contributed by atoms with van der Waals surface area (Å²) in [7, 11) is -1.38. The van der Waals surface area contributed by atoms with Crippen LogP contribution in [0.5, 0.6) is 0 Å². The third-order valence-corrected chi connectivity index (χ3v) is 7.35. The van der Waals surface area contributed by atoms with Gasteiger partial charge in [-0.25, -0.2) is 13.4 Å². The molecule has 2 aliphatic heterocycles. The molecule has 2 fully saturated rings. The molecule has 22 heavy (non-hydrogen) atoms. The van der Waals surface area contributed by atoms with Crippen molar-refractivity contribution in [3.05, 3.63) is 18.2 Å². The van der Waals surface area contributed by atoms with E-state index < -0.39 is 14.6 Å². The molecule has 1 amide bonds. The lowest BCUT2D eigenvalue weighted by Crippen LogP contribution is -2.68. The number of hydrogen-bond acceptors (Lipinski definition) is 5. The summed E-state index contributed by atoms with van der Waals surface area (Å²) in [6.45, 7) is 3.42. The van der Waals surface area contributed by atoms with Gasteiger partial charge in [-0.05, 0) is 13.3 Å². The molecule has 2 saturated heterocycles. The summed E-state index contributed by atoms with van der Waals surface area (Å²) >= 11 is 0. The van der Waals surface area contributed by atoms with Gasteiger partial charge in [0, 0.05) is 38.9 Å². The maximum Gasteiger partial charge on any atom is 0.274 e. The van der Waals surface area contributed by atoms with Gasteiger partial charge in [0.25, 0.3) is 5.91 Å². The van der Waals surface area contributed by atoms with Gasteiger partial charge in [0.15, 0.2) is 9.84 Å². The zero-order valence-electron chi connectivity index (χ0n) is 12.9. The van der Waals surface area contributed by atoms with Crippen molar-refractivity contribution < 1.29 is 17.9 Å². The quantitative estimate of drug-likeness (QED) is 0.782. The molecule has 122 valence electrons. The highest BCUT2D eigenvalue weighted by atomic mass is 32.2. The number of imidazole rings is 1. The number of aromatic nitrogens is 2. The Bertz CT molecular complexity index is 676. The van der Waals surface area contributed by atoms with Crippen LogP contribution in [0.4, 0.5) is 0 Å². The molecule has 7 nitrogen and oxygen atoms in total. The van der Waals surface area contributed by atoms with Crippen molar-refractivity contribution in [2.24, 2.45) is 13.0 Å². The minimum atomic E-state index is -3.17. The Morgan fingerprint density at radius 2 is 2.23 bits per heavy atom. The standard InChI is InChI=1S/C14H21N3O4S/c1-3-21-7-11-4-5-22(19,20)14(11)8-17(9-14)13(18)12-6-16(2)10-15-12/h6,10-11H,3-5,7-9H2,1-2H3/t11-/m1/s1. The van der Waals surface area contributed by atoms with Crippen molar-refractivity contribution in [3.63, 3.8) is 0 Å². The van der Waals surface area contributed by atoms with E-state index >= 15 is 0 Å². The number of likely N-dealkylation sites (tertiary alicyclic amines) is 1. The van der Waals surface area contributed by atoms with E-state index in [1.165, 1.54) is 0 Å². The number of sulfone groups is 1. The molecule has 1 aromatic rings. The first-order chi connectivity index (χ1) is 10.4. The second kappa shape index (κ2) is 5.34. The number of rotatable bonds is 4. The molecule has 3 rings (SSSR count). The highest BCUT2D eigenvalue weighted by Crippen LogP contribution is 2.45. The Hall–Kier alpha value is -1.41. The first-order valence-corrected chi connectivity index (χ1v) is 9.12. The maximum atomic E-state index is 12.4. The second-order valence-electron chi connectivity index (χ2n) is 6.11. The first kappa shape index (κ1) is 15.5. The van der Waals surface area contributed by atoms with Crippen molar-refractivity contribution >= 4 is 15.7 Å². The Morgan fingerprint density at radius 3 is 2.82 bits per heavy atom. The van der Waals surface area contributed by atoms with Crippen molar-refractivity contribution in [1.82, 2.24) is 14.5 Å². The highest BCUT2D eigenvalue weighted by Gasteiger charge is 2.62. The topological polar surface area (TPSA) is 81.5 Å². The predicted octanol–water partition coefficient (Wildman–Crippen LogP) is 0.0859. The summed E-state index contributed by atoms with van der Waals surface area (Å²) in [4.78, 5) is 17.9. The number of carbonyl (C=O) groups is 1. The van der Waals surface area contributed by atoms with Crippen LogP contribution in [0.25, 0.3) is 0 Å². The molecule has 0 bridgehead atoms. The fourth-order valence-corrected chi connectivity index (χ4v) is 5.80. The van der Waals surface area contributed by atoms with E-state index in [2.05, 4.69) is 4.98 Å². The number of hydrogen-bond donors (Lipinski definition) is 0. The molecule has 0 saturated carbocycles. The fraction of sp³-hybridized carbons (Fsp3) is 0.714. The average molecular weight is 327 g/mol. The smallest absolute Gasteiger partial charge is 0.274 e. The van der Waals surface area contributed by atoms with Crippen LogP contribution >= 0.6 is 0 Å². The van der Waals surface area contributed by atoms with E-state index in [0.717, 1.165) is 0 Å². The average Bonchev–Trinajstić information content (AvgIpc) is 2.95. The summed E-state index contributed by atoms with van der Waals surface area (Å²) in [6, 6.07) is 0. The SMILES string of the molecule is CCOC[C@H]1CCS(=O)(=O)C12CN(C(=O)c1cn(C)cn1)C2. The molecule has 2 aliphatic rings. The third kappa shape index (κ3) is 2.25. The fourth-order valence-electron chi connectivity index (χ4n) is 3.40. The van der Waals surface area contributed by atoms with Crippen LogP contribution < -0.4 is 0 Å². The van der Waals surface area contributed by atoms with Gasteiger partial charge in [0.1, 0.15) is 10.4 Å². The van der Waals surface area contributed by atoms with Gasteiger partial charge in [-0.3, -0.25) is 4.79 Å². The van der Waals surface area contributed by atoms with Gasteiger partial charge in [0.05, 0.1) is 18.7 Å². The number of nitrogens with zero attached hydrogens (tertiary/aromatic N) is 3. The molecule has 0 radical (unpaired) electrons. The van der Waals surface area contributed by atoms with E-state index in [1.54, 1.807) is 29.0 Å². The molecule has 0 N–H and O–H groups in total. The molecule has 8 heteroatoms. The number of carbonyl (C=O) groups excluding carboxylic acids is 1. The van der Waals surface area contributed by atoms with Gasteiger partial charge in [-0.1, -0.05) is 0 Å². The van der Waals surface area contributed by atoms with Crippen molar-refractivity contribution in [3.8, 4) is 0 Å². The Balaban J connectivity index is 1.74. The summed E-state index contributed by atoms with van der Waals surface area (Å²) in [6.07, 6.45) is 3.83. The number of aryl methyl sites for hydroxylation is 1. The summed E-state index contributed by atoms with van der Waals surface area (Å²) < 4.78 is 31.2. The molecule has 1 atom stereocenters. The van der Waals surface area contributed by atoms with Crippen LogP contribution in [-0.4, -0.2) is 65.6 Å². The normalized spacial score (nSPS) is 25.4. The Morgan fingerprint density at radius 1 is 1.50 bits per heavy atom. The third-order valence-electron chi connectivity index (χ3n) is 4.75. The molecule has 0 aromatic carbocycles. The van der Waals surface area contributed by atoms with Crippen LogP contribution in [0, 0.1) is 5.92 Å². The van der Waals surface area contributed by atoms with E-state index in [9.17, 15) is 13.2 Å². The largest absolute Gasteiger partial charge is 0.381 e. The molecule has 3 heterocycles. The van der Waals surface area contributed by atoms with Gasteiger partial charge in [-0.15, -0.1) is 0 Å². The van der Waals surface area contributed by atoms with E-state index in [1.807, 2.05) is 6.92 Å². The summed E-state index contributed by atoms with van der Waals surface area (Å²) in [5.74, 6) is -0.0372. The molecule has 0 unspecified atom stereocenters. The van der Waals surface area contributed by atoms with Crippen LogP contribution in [0.3, 0.4) is 0 Å². The maximum absolute atomic E-state index is 12.4. The van der Waals surface area contributed by atoms with Crippen LogP contribution in [0.2, 0.25) is 0 Å². The van der Waals surface area contributed by atoms with E-state index in [0.29, 0.717) is 25.3 Å². The first-order valence-electron chi connectivity index (χ1n) is 7.47. The zero-order valence-corrected chi connectivity index (χ0v) is 13.7. The minimum Gasteiger partial charge on any atom is -0.381 e.